The van der Waals surface area contributed by atoms with Gasteiger partial charge < -0.3 is 9.72 Å². The van der Waals surface area contributed by atoms with Crippen molar-refractivity contribution in [3.63, 3.8) is 0 Å². The Hall–Kier alpha value is -2.22. The zero-order chi connectivity index (χ0) is 15.4. The molecule has 1 aromatic heterocycles. The van der Waals surface area contributed by atoms with Gasteiger partial charge in [-0.15, -0.1) is 0 Å². The number of H-pyrrole nitrogens is 1. The summed E-state index contributed by atoms with van der Waals surface area (Å²) < 4.78 is 5.40. The lowest BCUT2D eigenvalue weighted by atomic mass is 10.00. The highest BCUT2D eigenvalue weighted by atomic mass is 16.5. The molecule has 0 aliphatic rings. The second-order valence-electron chi connectivity index (χ2n) is 5.71. The molecule has 0 bridgehead atoms. The van der Waals surface area contributed by atoms with E-state index in [1.54, 1.807) is 7.11 Å². The Morgan fingerprint density at radius 3 is 2.55 bits per heavy atom. The summed E-state index contributed by atoms with van der Waals surface area (Å²) in [6.45, 7) is 2.25. The van der Waals surface area contributed by atoms with Crippen molar-refractivity contribution < 1.29 is 4.74 Å². The van der Waals surface area contributed by atoms with Crippen molar-refractivity contribution in [3.8, 4) is 17.0 Å². The number of fused-ring (bicyclic) bond motifs is 1. The molecule has 0 spiro atoms. The van der Waals surface area contributed by atoms with E-state index < -0.39 is 0 Å². The number of nitrogens with one attached hydrogen (secondary N) is 1. The molecule has 0 radical (unpaired) electrons. The highest BCUT2D eigenvalue weighted by molar-refractivity contribution is 5.91. The molecule has 0 amide bonds. The van der Waals surface area contributed by atoms with Crippen LogP contribution in [0.25, 0.3) is 22.2 Å². The number of rotatable bonds is 6. The lowest BCUT2D eigenvalue weighted by Gasteiger charge is -2.05. The van der Waals surface area contributed by atoms with Gasteiger partial charge in [0.05, 0.1) is 7.11 Å². The lowest BCUT2D eigenvalue weighted by molar-refractivity contribution is 0.415. The number of hydrogen-bond donors (Lipinski definition) is 1. The Labute approximate surface area is 132 Å². The quantitative estimate of drug-likeness (QED) is 0.590. The predicted octanol–water partition coefficient (Wildman–Crippen LogP) is 5.58. The summed E-state index contributed by atoms with van der Waals surface area (Å²) >= 11 is 0. The Balaban J connectivity index is 2.11. The Kier molecular flexibility index (Phi) is 4.47. The van der Waals surface area contributed by atoms with E-state index in [1.807, 2.05) is 6.07 Å². The van der Waals surface area contributed by atoms with Crippen molar-refractivity contribution in [1.82, 2.24) is 4.98 Å². The summed E-state index contributed by atoms with van der Waals surface area (Å²) in [7, 11) is 1.72. The third kappa shape index (κ3) is 2.87. The van der Waals surface area contributed by atoms with Gasteiger partial charge in [0.15, 0.2) is 0 Å². The normalized spacial score (nSPS) is 11.0. The lowest BCUT2D eigenvalue weighted by Crippen LogP contribution is -1.89. The molecule has 0 unspecified atom stereocenters. The van der Waals surface area contributed by atoms with Crippen LogP contribution >= 0.6 is 0 Å². The number of benzene rings is 2. The number of methoxy groups -OCH3 is 1. The average Bonchev–Trinajstić information content (AvgIpc) is 2.94. The van der Waals surface area contributed by atoms with Gasteiger partial charge in [-0.05, 0) is 42.2 Å². The largest absolute Gasteiger partial charge is 0.497 e. The number of unbranched alkanes of at least 4 members (excludes halogenated alkanes) is 2. The fraction of sp³-hybridized carbons (Fsp3) is 0.300. The summed E-state index contributed by atoms with van der Waals surface area (Å²) in [6, 6.07) is 16.9. The molecular formula is C20H23NO. The van der Waals surface area contributed by atoms with Crippen LogP contribution in [-0.4, -0.2) is 12.1 Å². The van der Waals surface area contributed by atoms with Crippen LogP contribution in [0, 0.1) is 0 Å². The van der Waals surface area contributed by atoms with E-state index in [0.717, 1.165) is 12.2 Å². The molecule has 0 aliphatic carbocycles. The van der Waals surface area contributed by atoms with Crippen molar-refractivity contribution >= 4 is 10.9 Å². The summed E-state index contributed by atoms with van der Waals surface area (Å²) in [6.07, 6.45) is 4.84. The molecule has 3 rings (SSSR count). The molecule has 2 aromatic carbocycles. The van der Waals surface area contributed by atoms with Crippen molar-refractivity contribution in [2.24, 2.45) is 0 Å². The molecule has 114 valence electrons. The van der Waals surface area contributed by atoms with Crippen molar-refractivity contribution in [2.45, 2.75) is 32.6 Å². The maximum atomic E-state index is 5.40. The van der Waals surface area contributed by atoms with E-state index in [2.05, 4.69) is 54.4 Å². The summed E-state index contributed by atoms with van der Waals surface area (Å²) in [5, 5.41) is 1.29. The SMILES string of the molecule is CCCCCc1c(-c2ccccc2)[nH]c2ccc(OC)cc12. The molecule has 2 nitrogen and oxygen atoms in total. The molecule has 2 heteroatoms. The van der Waals surface area contributed by atoms with Gasteiger partial charge in [-0.2, -0.15) is 0 Å². The van der Waals surface area contributed by atoms with Gasteiger partial charge >= 0.3 is 0 Å². The third-order valence-corrected chi connectivity index (χ3v) is 4.21. The van der Waals surface area contributed by atoms with Gasteiger partial charge in [-0.3, -0.25) is 0 Å². The molecular weight excluding hydrogens is 270 g/mol. The first-order chi connectivity index (χ1) is 10.8. The molecule has 0 atom stereocenters. The van der Waals surface area contributed by atoms with E-state index in [-0.39, 0.29) is 0 Å². The van der Waals surface area contributed by atoms with E-state index in [4.69, 9.17) is 4.74 Å². The van der Waals surface area contributed by atoms with Crippen molar-refractivity contribution in [3.05, 3.63) is 54.1 Å². The van der Waals surface area contributed by atoms with E-state index in [9.17, 15) is 0 Å². The Morgan fingerprint density at radius 1 is 1.00 bits per heavy atom. The van der Waals surface area contributed by atoms with E-state index >= 15 is 0 Å². The van der Waals surface area contributed by atoms with E-state index in [0.29, 0.717) is 0 Å². The highest BCUT2D eigenvalue weighted by Crippen LogP contribution is 2.33. The van der Waals surface area contributed by atoms with Crippen molar-refractivity contribution in [2.75, 3.05) is 7.11 Å². The van der Waals surface area contributed by atoms with Gasteiger partial charge in [0.1, 0.15) is 5.75 Å². The fourth-order valence-corrected chi connectivity index (χ4v) is 3.02. The maximum Gasteiger partial charge on any atom is 0.119 e. The molecule has 0 fully saturated rings. The van der Waals surface area contributed by atoms with Gasteiger partial charge in [0.2, 0.25) is 0 Å². The first-order valence-electron chi connectivity index (χ1n) is 8.07. The maximum absolute atomic E-state index is 5.40. The van der Waals surface area contributed by atoms with Crippen LogP contribution in [0.3, 0.4) is 0 Å². The van der Waals surface area contributed by atoms with Crippen LogP contribution in [0.15, 0.2) is 48.5 Å². The van der Waals surface area contributed by atoms with E-state index in [1.165, 1.54) is 47.0 Å². The Morgan fingerprint density at radius 2 is 1.82 bits per heavy atom. The fourth-order valence-electron chi connectivity index (χ4n) is 3.02. The number of aromatic amines is 1. The van der Waals surface area contributed by atoms with Crippen molar-refractivity contribution in [1.29, 1.82) is 0 Å². The standard InChI is InChI=1S/C20H23NO/c1-3-4-6-11-17-18-14-16(22-2)12-13-19(18)21-20(17)15-9-7-5-8-10-15/h5,7-10,12-14,21H,3-4,6,11H2,1-2H3. The molecule has 3 aromatic rings. The average molecular weight is 293 g/mol. The second-order valence-corrected chi connectivity index (χ2v) is 5.71. The first kappa shape index (κ1) is 14.7. The minimum absolute atomic E-state index is 0.919. The molecule has 1 N–H and O–H groups in total. The van der Waals surface area contributed by atoms with Crippen LogP contribution in [0.2, 0.25) is 0 Å². The number of aryl methyl sites for hydroxylation is 1. The van der Waals surface area contributed by atoms with Crippen LogP contribution in [0.4, 0.5) is 0 Å². The minimum Gasteiger partial charge on any atom is -0.497 e. The van der Waals surface area contributed by atoms with Gasteiger partial charge in [0, 0.05) is 16.6 Å². The molecule has 22 heavy (non-hydrogen) atoms. The van der Waals surface area contributed by atoms with Crippen LogP contribution < -0.4 is 4.74 Å². The topological polar surface area (TPSA) is 25.0 Å². The number of ether oxygens (including phenoxy) is 1. The number of aromatic nitrogens is 1. The molecule has 0 saturated heterocycles. The van der Waals surface area contributed by atoms with Gasteiger partial charge in [-0.1, -0.05) is 50.1 Å². The number of hydrogen-bond acceptors (Lipinski definition) is 1. The first-order valence-corrected chi connectivity index (χ1v) is 8.07. The molecule has 0 saturated carbocycles. The summed E-state index contributed by atoms with van der Waals surface area (Å²) in [5.41, 5.74) is 5.10. The van der Waals surface area contributed by atoms with Gasteiger partial charge in [0.25, 0.3) is 0 Å². The minimum atomic E-state index is 0.919. The molecule has 1 heterocycles. The van der Waals surface area contributed by atoms with Gasteiger partial charge in [-0.25, -0.2) is 0 Å². The summed E-state index contributed by atoms with van der Waals surface area (Å²) in [5.74, 6) is 0.919. The highest BCUT2D eigenvalue weighted by Gasteiger charge is 2.13. The van der Waals surface area contributed by atoms with Crippen LogP contribution in [0.1, 0.15) is 31.7 Å². The smallest absolute Gasteiger partial charge is 0.119 e. The molecule has 0 aliphatic heterocycles. The predicted molar refractivity (Wildman–Crippen MR) is 93.5 cm³/mol. The zero-order valence-corrected chi connectivity index (χ0v) is 13.4. The summed E-state index contributed by atoms with van der Waals surface area (Å²) in [4.78, 5) is 3.60. The Bertz CT molecular complexity index is 743. The third-order valence-electron chi connectivity index (χ3n) is 4.21. The van der Waals surface area contributed by atoms with Crippen LogP contribution in [-0.2, 0) is 6.42 Å². The second kappa shape index (κ2) is 6.69. The monoisotopic (exact) mass is 293 g/mol. The van der Waals surface area contributed by atoms with Crippen LogP contribution in [0.5, 0.6) is 5.75 Å². The zero-order valence-electron chi connectivity index (χ0n) is 13.4.